The Morgan fingerprint density at radius 1 is 1.13 bits per heavy atom. The summed E-state index contributed by atoms with van der Waals surface area (Å²) in [6, 6.07) is 6.53. The summed E-state index contributed by atoms with van der Waals surface area (Å²) >= 11 is 0. The van der Waals surface area contributed by atoms with Gasteiger partial charge in [-0.05, 0) is 18.1 Å². The minimum Gasteiger partial charge on any atom is -0.336 e. The van der Waals surface area contributed by atoms with Crippen LogP contribution in [-0.4, -0.2) is 62.6 Å². The Kier molecular flexibility index (Phi) is 5.81. The molecule has 1 aliphatic heterocycles. The normalized spacial score (nSPS) is 16.8. The number of benzene rings is 1. The molecule has 128 valence electrons. The number of sulfone groups is 1. The van der Waals surface area contributed by atoms with Crippen LogP contribution in [0.25, 0.3) is 0 Å². The van der Waals surface area contributed by atoms with E-state index in [2.05, 4.69) is 18.7 Å². The molecular formula is C17H26N2O3S. The highest BCUT2D eigenvalue weighted by Crippen LogP contribution is 2.19. The van der Waals surface area contributed by atoms with E-state index in [1.54, 1.807) is 30.0 Å². The second kappa shape index (κ2) is 7.45. The highest BCUT2D eigenvalue weighted by Gasteiger charge is 2.26. The minimum atomic E-state index is -3.40. The molecule has 0 aromatic heterocycles. The first-order chi connectivity index (χ1) is 10.8. The molecule has 0 atom stereocenters. The van der Waals surface area contributed by atoms with Gasteiger partial charge in [-0.2, -0.15) is 0 Å². The topological polar surface area (TPSA) is 57.7 Å². The van der Waals surface area contributed by atoms with Crippen molar-refractivity contribution in [2.75, 3.05) is 38.5 Å². The molecule has 1 heterocycles. The number of piperazine rings is 1. The molecule has 0 aliphatic carbocycles. The summed E-state index contributed by atoms with van der Waals surface area (Å²) in [7, 11) is -3.40. The zero-order valence-electron chi connectivity index (χ0n) is 14.2. The molecule has 6 heteroatoms. The number of hydrogen-bond donors (Lipinski definition) is 0. The van der Waals surface area contributed by atoms with Gasteiger partial charge >= 0.3 is 0 Å². The average molecular weight is 338 g/mol. The standard InChI is InChI=1S/C17H26N2O3S/c1-4-23(21,22)16-8-6-5-7-15(16)17(20)19-11-9-18(10-12-19)13-14(2)3/h5-8,14H,4,9-13H2,1-3H3. The van der Waals surface area contributed by atoms with Gasteiger partial charge in [-0.1, -0.05) is 32.9 Å². The predicted octanol–water partition coefficient (Wildman–Crippen LogP) is 1.89. The van der Waals surface area contributed by atoms with Crippen LogP contribution in [0, 0.1) is 5.92 Å². The van der Waals surface area contributed by atoms with Gasteiger partial charge in [-0.15, -0.1) is 0 Å². The van der Waals surface area contributed by atoms with E-state index in [0.29, 0.717) is 24.6 Å². The molecule has 0 radical (unpaired) electrons. The summed E-state index contributed by atoms with van der Waals surface area (Å²) in [6.07, 6.45) is 0. The Hall–Kier alpha value is -1.40. The third kappa shape index (κ3) is 4.32. The Balaban J connectivity index is 2.14. The quantitative estimate of drug-likeness (QED) is 0.823. The first-order valence-electron chi connectivity index (χ1n) is 8.18. The highest BCUT2D eigenvalue weighted by molar-refractivity contribution is 7.91. The van der Waals surface area contributed by atoms with Gasteiger partial charge < -0.3 is 4.90 Å². The summed E-state index contributed by atoms with van der Waals surface area (Å²) in [5, 5.41) is 0. The molecule has 1 saturated heterocycles. The van der Waals surface area contributed by atoms with Gasteiger partial charge in [0.15, 0.2) is 9.84 Å². The summed E-state index contributed by atoms with van der Waals surface area (Å²) in [6.45, 7) is 9.97. The van der Waals surface area contributed by atoms with E-state index in [0.717, 1.165) is 19.6 Å². The molecule has 23 heavy (non-hydrogen) atoms. The molecular weight excluding hydrogens is 312 g/mol. The molecule has 1 aromatic carbocycles. The Labute approximate surface area is 139 Å². The maximum Gasteiger partial charge on any atom is 0.255 e. The van der Waals surface area contributed by atoms with Crippen LogP contribution in [0.15, 0.2) is 29.2 Å². The van der Waals surface area contributed by atoms with Gasteiger partial charge in [0.05, 0.1) is 16.2 Å². The Morgan fingerprint density at radius 2 is 1.74 bits per heavy atom. The van der Waals surface area contributed by atoms with Crippen LogP contribution in [-0.2, 0) is 9.84 Å². The van der Waals surface area contributed by atoms with Gasteiger partial charge in [0.25, 0.3) is 5.91 Å². The molecule has 1 fully saturated rings. The largest absolute Gasteiger partial charge is 0.336 e. The van der Waals surface area contributed by atoms with Crippen LogP contribution in [0.5, 0.6) is 0 Å². The zero-order valence-corrected chi connectivity index (χ0v) is 15.0. The lowest BCUT2D eigenvalue weighted by atomic mass is 10.1. The van der Waals surface area contributed by atoms with Crippen molar-refractivity contribution >= 4 is 15.7 Å². The molecule has 1 aromatic rings. The van der Waals surface area contributed by atoms with Gasteiger partial charge in [0, 0.05) is 32.7 Å². The third-order valence-electron chi connectivity index (χ3n) is 4.12. The molecule has 0 saturated carbocycles. The van der Waals surface area contributed by atoms with Crippen molar-refractivity contribution in [1.82, 2.24) is 9.80 Å². The van der Waals surface area contributed by atoms with E-state index in [1.165, 1.54) is 6.07 Å². The molecule has 1 amide bonds. The van der Waals surface area contributed by atoms with Gasteiger partial charge in [0.2, 0.25) is 0 Å². The fraction of sp³-hybridized carbons (Fsp3) is 0.588. The van der Waals surface area contributed by atoms with Crippen molar-refractivity contribution in [2.45, 2.75) is 25.7 Å². The van der Waals surface area contributed by atoms with Crippen LogP contribution >= 0.6 is 0 Å². The van der Waals surface area contributed by atoms with Crippen LogP contribution in [0.4, 0.5) is 0 Å². The van der Waals surface area contributed by atoms with E-state index in [1.807, 2.05) is 0 Å². The lowest BCUT2D eigenvalue weighted by Gasteiger charge is -2.35. The molecule has 1 aliphatic rings. The molecule has 0 N–H and O–H groups in total. The van der Waals surface area contributed by atoms with Crippen LogP contribution in [0.1, 0.15) is 31.1 Å². The first-order valence-corrected chi connectivity index (χ1v) is 9.83. The van der Waals surface area contributed by atoms with Crippen LogP contribution < -0.4 is 0 Å². The van der Waals surface area contributed by atoms with E-state index in [9.17, 15) is 13.2 Å². The van der Waals surface area contributed by atoms with Crippen LogP contribution in [0.2, 0.25) is 0 Å². The number of carbonyl (C=O) groups is 1. The number of nitrogens with zero attached hydrogens (tertiary/aromatic N) is 2. The van der Waals surface area contributed by atoms with E-state index < -0.39 is 9.84 Å². The molecule has 5 nitrogen and oxygen atoms in total. The Morgan fingerprint density at radius 3 is 2.30 bits per heavy atom. The second-order valence-corrected chi connectivity index (χ2v) is 8.63. The predicted molar refractivity (Wildman–Crippen MR) is 91.4 cm³/mol. The molecule has 2 rings (SSSR count). The summed E-state index contributed by atoms with van der Waals surface area (Å²) in [5.74, 6) is 0.425. The van der Waals surface area contributed by atoms with Crippen molar-refractivity contribution in [1.29, 1.82) is 0 Å². The van der Waals surface area contributed by atoms with Gasteiger partial charge in [-0.25, -0.2) is 8.42 Å². The number of amides is 1. The average Bonchev–Trinajstić information content (AvgIpc) is 2.54. The summed E-state index contributed by atoms with van der Waals surface area (Å²) in [4.78, 5) is 17.0. The van der Waals surface area contributed by atoms with Crippen molar-refractivity contribution in [3.8, 4) is 0 Å². The Bertz CT molecular complexity index is 648. The zero-order chi connectivity index (χ0) is 17.0. The highest BCUT2D eigenvalue weighted by atomic mass is 32.2. The van der Waals surface area contributed by atoms with Gasteiger partial charge in [0.1, 0.15) is 0 Å². The smallest absolute Gasteiger partial charge is 0.255 e. The van der Waals surface area contributed by atoms with Crippen molar-refractivity contribution in [3.05, 3.63) is 29.8 Å². The molecule has 0 unspecified atom stereocenters. The monoisotopic (exact) mass is 338 g/mol. The summed E-state index contributed by atoms with van der Waals surface area (Å²) < 4.78 is 24.4. The summed E-state index contributed by atoms with van der Waals surface area (Å²) in [5.41, 5.74) is 0.298. The fourth-order valence-corrected chi connectivity index (χ4v) is 3.98. The molecule has 0 bridgehead atoms. The minimum absolute atomic E-state index is 0.000536. The number of rotatable bonds is 5. The van der Waals surface area contributed by atoms with Crippen molar-refractivity contribution in [3.63, 3.8) is 0 Å². The number of hydrogen-bond acceptors (Lipinski definition) is 4. The van der Waals surface area contributed by atoms with E-state index in [4.69, 9.17) is 0 Å². The van der Waals surface area contributed by atoms with Gasteiger partial charge in [-0.3, -0.25) is 9.69 Å². The maximum absolute atomic E-state index is 12.8. The SMILES string of the molecule is CCS(=O)(=O)c1ccccc1C(=O)N1CCN(CC(C)C)CC1. The first kappa shape index (κ1) is 17.9. The lowest BCUT2D eigenvalue weighted by molar-refractivity contribution is 0.0620. The van der Waals surface area contributed by atoms with E-state index >= 15 is 0 Å². The lowest BCUT2D eigenvalue weighted by Crippen LogP contribution is -2.49. The van der Waals surface area contributed by atoms with E-state index in [-0.39, 0.29) is 16.6 Å². The second-order valence-electron chi connectivity index (χ2n) is 6.39. The third-order valence-corrected chi connectivity index (χ3v) is 5.90. The van der Waals surface area contributed by atoms with Crippen molar-refractivity contribution in [2.24, 2.45) is 5.92 Å². The maximum atomic E-state index is 12.8. The van der Waals surface area contributed by atoms with Crippen LogP contribution in [0.3, 0.4) is 0 Å². The molecule has 0 spiro atoms. The number of carbonyl (C=O) groups excluding carboxylic acids is 1. The fourth-order valence-electron chi connectivity index (χ4n) is 2.89. The van der Waals surface area contributed by atoms with Crippen molar-refractivity contribution < 1.29 is 13.2 Å².